The van der Waals surface area contributed by atoms with Gasteiger partial charge >= 0.3 is 0 Å². The third-order valence-corrected chi connectivity index (χ3v) is 3.66. The molecule has 3 nitrogen and oxygen atoms in total. The maximum absolute atomic E-state index is 9.23. The number of aliphatic hydroxyl groups excluding tert-OH is 1. The Labute approximate surface area is 110 Å². The second kappa shape index (κ2) is 5.29. The van der Waals surface area contributed by atoms with E-state index in [1.165, 1.54) is 29.7 Å². The Morgan fingerprint density at radius 3 is 2.89 bits per heavy atom. The average Bonchev–Trinajstić information content (AvgIpc) is 2.37. The van der Waals surface area contributed by atoms with Gasteiger partial charge in [0.05, 0.1) is 6.61 Å². The highest BCUT2D eigenvalue weighted by molar-refractivity contribution is 5.56. The summed E-state index contributed by atoms with van der Waals surface area (Å²) in [6.45, 7) is 6.14. The Kier molecular flexibility index (Phi) is 3.93. The van der Waals surface area contributed by atoms with Gasteiger partial charge in [0.15, 0.2) is 0 Å². The van der Waals surface area contributed by atoms with Crippen LogP contribution >= 0.6 is 0 Å². The van der Waals surface area contributed by atoms with Crippen LogP contribution in [0.2, 0.25) is 0 Å². The number of fused-ring (bicyclic) bond motifs is 1. The minimum Gasteiger partial charge on any atom is -0.394 e. The van der Waals surface area contributed by atoms with E-state index < -0.39 is 0 Å². The van der Waals surface area contributed by atoms with Crippen molar-refractivity contribution in [3.63, 3.8) is 0 Å². The van der Waals surface area contributed by atoms with Gasteiger partial charge in [0.25, 0.3) is 0 Å². The van der Waals surface area contributed by atoms with Crippen molar-refractivity contribution in [3.8, 4) is 0 Å². The van der Waals surface area contributed by atoms with Gasteiger partial charge in [-0.05, 0) is 43.9 Å². The van der Waals surface area contributed by atoms with Gasteiger partial charge in [-0.3, -0.25) is 0 Å². The molecule has 0 spiro atoms. The summed E-state index contributed by atoms with van der Waals surface area (Å²) < 4.78 is 0. The summed E-state index contributed by atoms with van der Waals surface area (Å²) in [5.41, 5.74) is 3.90. The van der Waals surface area contributed by atoms with Crippen LogP contribution in [0.5, 0.6) is 0 Å². The number of aliphatic hydroxyl groups is 1. The Morgan fingerprint density at radius 1 is 1.39 bits per heavy atom. The van der Waals surface area contributed by atoms with Crippen LogP contribution in [0.1, 0.15) is 31.4 Å². The summed E-state index contributed by atoms with van der Waals surface area (Å²) in [6, 6.07) is 6.70. The molecule has 1 aliphatic heterocycles. The molecule has 18 heavy (non-hydrogen) atoms. The van der Waals surface area contributed by atoms with Gasteiger partial charge in [-0.15, -0.1) is 0 Å². The first-order chi connectivity index (χ1) is 8.52. The smallest absolute Gasteiger partial charge is 0.0607 e. The zero-order valence-electron chi connectivity index (χ0n) is 11.7. The largest absolute Gasteiger partial charge is 0.394 e. The maximum atomic E-state index is 9.23. The first-order valence-electron chi connectivity index (χ1n) is 6.71. The Bertz CT molecular complexity index is 415. The van der Waals surface area contributed by atoms with Crippen LogP contribution in [0.3, 0.4) is 0 Å². The lowest BCUT2D eigenvalue weighted by atomic mass is 9.99. The first kappa shape index (κ1) is 13.4. The highest BCUT2D eigenvalue weighted by Crippen LogP contribution is 2.26. The third-order valence-electron chi connectivity index (χ3n) is 3.66. The van der Waals surface area contributed by atoms with Crippen molar-refractivity contribution in [1.82, 2.24) is 5.32 Å². The van der Waals surface area contributed by atoms with E-state index in [4.69, 9.17) is 0 Å². The quantitative estimate of drug-likeness (QED) is 0.854. The molecule has 0 aliphatic carbocycles. The second-order valence-electron chi connectivity index (χ2n) is 5.88. The van der Waals surface area contributed by atoms with Crippen LogP contribution in [0.4, 0.5) is 5.69 Å². The number of anilines is 1. The SMILES string of the molecule is CN1CCCc2cc(CNC(C)(C)CO)ccc21. The predicted octanol–water partition coefficient (Wildman–Crippen LogP) is 1.93. The van der Waals surface area contributed by atoms with E-state index in [0.717, 1.165) is 13.1 Å². The highest BCUT2D eigenvalue weighted by atomic mass is 16.3. The molecule has 3 heteroatoms. The summed E-state index contributed by atoms with van der Waals surface area (Å²) in [4.78, 5) is 2.33. The fourth-order valence-electron chi connectivity index (χ4n) is 2.35. The molecular weight excluding hydrogens is 224 g/mol. The van der Waals surface area contributed by atoms with E-state index in [0.29, 0.717) is 0 Å². The second-order valence-corrected chi connectivity index (χ2v) is 5.88. The highest BCUT2D eigenvalue weighted by Gasteiger charge is 2.16. The molecule has 1 aromatic carbocycles. The monoisotopic (exact) mass is 248 g/mol. The topological polar surface area (TPSA) is 35.5 Å². The molecule has 0 saturated carbocycles. The van der Waals surface area contributed by atoms with Gasteiger partial charge < -0.3 is 15.3 Å². The van der Waals surface area contributed by atoms with Crippen LogP contribution in [-0.4, -0.2) is 30.8 Å². The van der Waals surface area contributed by atoms with Gasteiger partial charge in [-0.2, -0.15) is 0 Å². The summed E-state index contributed by atoms with van der Waals surface area (Å²) in [6.07, 6.45) is 2.42. The van der Waals surface area contributed by atoms with E-state index >= 15 is 0 Å². The third kappa shape index (κ3) is 3.03. The molecule has 2 N–H and O–H groups in total. The lowest BCUT2D eigenvalue weighted by Gasteiger charge is -2.28. The van der Waals surface area contributed by atoms with Gasteiger partial charge in [0, 0.05) is 31.4 Å². The molecule has 0 amide bonds. The molecule has 0 bridgehead atoms. The molecule has 0 fully saturated rings. The van der Waals surface area contributed by atoms with E-state index in [1.54, 1.807) is 0 Å². The lowest BCUT2D eigenvalue weighted by molar-refractivity contribution is 0.187. The fraction of sp³-hybridized carbons (Fsp3) is 0.600. The van der Waals surface area contributed by atoms with Gasteiger partial charge in [0.2, 0.25) is 0 Å². The zero-order valence-corrected chi connectivity index (χ0v) is 11.7. The minimum atomic E-state index is -0.216. The molecule has 0 radical (unpaired) electrons. The summed E-state index contributed by atoms with van der Waals surface area (Å²) in [7, 11) is 2.16. The maximum Gasteiger partial charge on any atom is 0.0607 e. The van der Waals surface area contributed by atoms with Crippen LogP contribution < -0.4 is 10.2 Å². The van der Waals surface area contributed by atoms with Crippen molar-refractivity contribution in [1.29, 1.82) is 0 Å². The molecule has 2 rings (SSSR count). The molecule has 0 saturated heterocycles. The van der Waals surface area contributed by atoms with Gasteiger partial charge in [-0.1, -0.05) is 12.1 Å². The van der Waals surface area contributed by atoms with Gasteiger partial charge in [0.1, 0.15) is 0 Å². The summed E-state index contributed by atoms with van der Waals surface area (Å²) in [5, 5.41) is 12.6. The van der Waals surface area contributed by atoms with E-state index in [9.17, 15) is 5.11 Å². The molecule has 0 unspecified atom stereocenters. The van der Waals surface area contributed by atoms with Crippen LogP contribution in [-0.2, 0) is 13.0 Å². The number of hydrogen-bond donors (Lipinski definition) is 2. The molecular formula is C15H24N2O. The summed E-state index contributed by atoms with van der Waals surface area (Å²) in [5.74, 6) is 0. The molecule has 0 atom stereocenters. The number of aryl methyl sites for hydroxylation is 1. The molecule has 100 valence electrons. The van der Waals surface area contributed by atoms with Crippen LogP contribution in [0.25, 0.3) is 0 Å². The molecule has 1 aliphatic rings. The van der Waals surface area contributed by atoms with E-state index in [-0.39, 0.29) is 12.1 Å². The number of nitrogens with one attached hydrogen (secondary N) is 1. The summed E-state index contributed by atoms with van der Waals surface area (Å²) >= 11 is 0. The standard InChI is InChI=1S/C15H24N2O/c1-15(2,11-18)16-10-12-6-7-14-13(9-12)5-4-8-17(14)3/h6-7,9,16,18H,4-5,8,10-11H2,1-3H3. The zero-order chi connectivity index (χ0) is 13.2. The van der Waals surface area contributed by atoms with Crippen molar-refractivity contribution < 1.29 is 5.11 Å². The number of benzene rings is 1. The Hall–Kier alpha value is -1.06. The van der Waals surface area contributed by atoms with Crippen molar-refractivity contribution in [2.24, 2.45) is 0 Å². The number of hydrogen-bond acceptors (Lipinski definition) is 3. The minimum absolute atomic E-state index is 0.153. The first-order valence-corrected chi connectivity index (χ1v) is 6.71. The van der Waals surface area contributed by atoms with Crippen molar-refractivity contribution >= 4 is 5.69 Å². The van der Waals surface area contributed by atoms with Crippen molar-refractivity contribution in [2.45, 2.75) is 38.8 Å². The van der Waals surface area contributed by atoms with Crippen molar-refractivity contribution in [2.75, 3.05) is 25.1 Å². The van der Waals surface area contributed by atoms with Gasteiger partial charge in [-0.25, -0.2) is 0 Å². The van der Waals surface area contributed by atoms with E-state index in [1.807, 2.05) is 13.8 Å². The Balaban J connectivity index is 2.07. The lowest BCUT2D eigenvalue weighted by Crippen LogP contribution is -2.42. The molecule has 1 heterocycles. The normalized spacial score (nSPS) is 15.7. The molecule has 0 aromatic heterocycles. The number of rotatable bonds is 4. The predicted molar refractivity (Wildman–Crippen MR) is 76.0 cm³/mol. The number of nitrogens with zero attached hydrogens (tertiary/aromatic N) is 1. The molecule has 1 aromatic rings. The fourth-order valence-corrected chi connectivity index (χ4v) is 2.35. The van der Waals surface area contributed by atoms with Crippen LogP contribution in [0, 0.1) is 0 Å². The van der Waals surface area contributed by atoms with Crippen LogP contribution in [0.15, 0.2) is 18.2 Å². The van der Waals surface area contributed by atoms with E-state index in [2.05, 4.69) is 35.5 Å². The Morgan fingerprint density at radius 2 is 2.17 bits per heavy atom. The average molecular weight is 248 g/mol. The van der Waals surface area contributed by atoms with Crippen molar-refractivity contribution in [3.05, 3.63) is 29.3 Å².